The number of anilines is 3. The van der Waals surface area contributed by atoms with Gasteiger partial charge in [-0.2, -0.15) is 0 Å². The zero-order valence-electron chi connectivity index (χ0n) is 38.2. The highest BCUT2D eigenvalue weighted by atomic mass is 16.3. The van der Waals surface area contributed by atoms with Gasteiger partial charge in [-0.25, -0.2) is 15.0 Å². The van der Waals surface area contributed by atoms with Crippen LogP contribution >= 0.6 is 0 Å². The molecule has 2 aliphatic rings. The number of hydrogen-bond donors (Lipinski definition) is 0. The van der Waals surface area contributed by atoms with Crippen molar-refractivity contribution in [3.63, 3.8) is 0 Å². The number of para-hydroxylation sites is 3. The molecule has 1 aliphatic heterocycles. The van der Waals surface area contributed by atoms with E-state index >= 15 is 0 Å². The molecule has 0 amide bonds. The fourth-order valence-electron chi connectivity index (χ4n) is 10.3. The Kier molecular flexibility index (Phi) is 9.84. The molecule has 0 saturated carbocycles. The molecule has 0 bridgehead atoms. The summed E-state index contributed by atoms with van der Waals surface area (Å²) in [5, 5.41) is 3.29. The Morgan fingerprint density at radius 3 is 1.91 bits per heavy atom. The number of benzene rings is 7. The average molecular weight is 878 g/mol. The van der Waals surface area contributed by atoms with Crippen molar-refractivity contribution in [3.05, 3.63) is 245 Å². The summed E-state index contributed by atoms with van der Waals surface area (Å²) >= 11 is 0. The Hall–Kier alpha value is -8.61. The number of hydrogen-bond acceptors (Lipinski definition) is 5. The summed E-state index contributed by atoms with van der Waals surface area (Å²) in [6, 6.07) is 62.2. The second-order valence-electron chi connectivity index (χ2n) is 18.0. The molecule has 326 valence electrons. The smallest absolute Gasteiger partial charge is 0.164 e. The normalized spacial score (nSPS) is 14.5. The van der Waals surface area contributed by atoms with Crippen molar-refractivity contribution in [1.82, 2.24) is 19.5 Å². The minimum Gasteiger partial charge on any atom is -0.455 e. The van der Waals surface area contributed by atoms with Gasteiger partial charge in [0.25, 0.3) is 0 Å². The van der Waals surface area contributed by atoms with Gasteiger partial charge in [0, 0.05) is 60.6 Å². The van der Waals surface area contributed by atoms with Crippen molar-refractivity contribution in [2.75, 3.05) is 4.90 Å². The van der Waals surface area contributed by atoms with Gasteiger partial charge in [0.1, 0.15) is 11.2 Å². The van der Waals surface area contributed by atoms with Gasteiger partial charge in [0.05, 0.1) is 22.4 Å². The molecule has 68 heavy (non-hydrogen) atoms. The van der Waals surface area contributed by atoms with Crippen LogP contribution in [0.4, 0.5) is 17.1 Å². The summed E-state index contributed by atoms with van der Waals surface area (Å²) in [4.78, 5) is 17.5. The summed E-state index contributed by atoms with van der Waals surface area (Å²) < 4.78 is 9.58. The number of furan rings is 1. The first kappa shape index (κ1) is 40.9. The summed E-state index contributed by atoms with van der Waals surface area (Å²) in [7, 11) is 0. The summed E-state index contributed by atoms with van der Waals surface area (Å²) in [6.45, 7) is 10.9. The fourth-order valence-corrected chi connectivity index (χ4v) is 10.3. The van der Waals surface area contributed by atoms with Crippen LogP contribution in [-0.4, -0.2) is 19.5 Å². The molecule has 0 spiro atoms. The molecule has 0 N–H and O–H groups in total. The minimum absolute atomic E-state index is 0.270. The third-order valence-corrected chi connectivity index (χ3v) is 13.6. The van der Waals surface area contributed by atoms with Gasteiger partial charge in [0.2, 0.25) is 0 Å². The maximum absolute atomic E-state index is 7.16. The zero-order valence-corrected chi connectivity index (χ0v) is 38.2. The Morgan fingerprint density at radius 2 is 1.24 bits per heavy atom. The van der Waals surface area contributed by atoms with E-state index in [9.17, 15) is 0 Å². The van der Waals surface area contributed by atoms with Gasteiger partial charge in [0.15, 0.2) is 17.5 Å². The lowest BCUT2D eigenvalue weighted by atomic mass is 9.73. The molecule has 12 rings (SSSR count). The molecule has 7 aromatic carbocycles. The Bertz CT molecular complexity index is 3750. The van der Waals surface area contributed by atoms with Crippen molar-refractivity contribution in [1.29, 1.82) is 0 Å². The monoisotopic (exact) mass is 877 g/mol. The van der Waals surface area contributed by atoms with Gasteiger partial charge >= 0.3 is 0 Å². The number of nitrogens with zero attached hydrogens (tertiary/aromatic N) is 5. The second kappa shape index (κ2) is 16.4. The Morgan fingerprint density at radius 1 is 0.618 bits per heavy atom. The van der Waals surface area contributed by atoms with Crippen LogP contribution < -0.4 is 15.5 Å². The van der Waals surface area contributed by atoms with Crippen molar-refractivity contribution in [2.45, 2.75) is 32.6 Å². The van der Waals surface area contributed by atoms with Gasteiger partial charge < -0.3 is 13.9 Å². The van der Waals surface area contributed by atoms with E-state index in [1.54, 1.807) is 0 Å². The zero-order chi connectivity index (χ0) is 45.9. The Labute approximate surface area is 395 Å². The molecule has 10 aromatic rings. The van der Waals surface area contributed by atoms with E-state index in [1.807, 2.05) is 79.7 Å². The van der Waals surface area contributed by atoms with E-state index < -0.39 is 0 Å². The maximum Gasteiger partial charge on any atom is 0.164 e. The molecular formula is C62H47N5O. The second-order valence-corrected chi connectivity index (χ2v) is 18.0. The average Bonchev–Trinajstić information content (AvgIpc) is 3.82. The summed E-state index contributed by atoms with van der Waals surface area (Å²) in [5.74, 6) is 2.54. The third kappa shape index (κ3) is 6.67. The predicted octanol–water partition coefficient (Wildman–Crippen LogP) is 14.0. The van der Waals surface area contributed by atoms with E-state index in [1.165, 1.54) is 33.3 Å². The highest BCUT2D eigenvalue weighted by molar-refractivity contribution is 6.12. The molecular weight excluding hydrogens is 831 g/mol. The van der Waals surface area contributed by atoms with Crippen LogP contribution in [0.3, 0.4) is 0 Å². The number of rotatable bonds is 7. The fraction of sp³-hybridized carbons (Fsp3) is 0.0806. The molecule has 0 radical (unpaired) electrons. The Balaban J connectivity index is 1.07. The molecule has 0 saturated heterocycles. The van der Waals surface area contributed by atoms with Crippen molar-refractivity contribution < 1.29 is 4.42 Å². The molecule has 6 nitrogen and oxygen atoms in total. The van der Waals surface area contributed by atoms with Crippen LogP contribution in [0.2, 0.25) is 0 Å². The van der Waals surface area contributed by atoms with Gasteiger partial charge in [-0.1, -0.05) is 172 Å². The van der Waals surface area contributed by atoms with E-state index in [2.05, 4.69) is 163 Å². The van der Waals surface area contributed by atoms with E-state index in [0.717, 1.165) is 73.2 Å². The molecule has 6 heteroatoms. The standard InChI is InChI=1S/C62H47N5O/c1-5-22-47-48-32-19-18-31-46(58(48)68-57(47)40(2)59-63-60(41-23-10-6-11-24-41)65-61(64-59)42-25-12-7-13-26-42)43-35-36-53-49(37-43)50-38-52-56(39-55(50)66(53)44-27-14-8-15-28-44)67(45-29-16-9-17-30-45)54-34-21-20-33-51(54)62(52,3)4/h5-17,19-39H,1,18H2,2-4H3/b47-22-,57-40-. The molecule has 0 atom stereocenters. The lowest BCUT2D eigenvalue weighted by molar-refractivity contribution is 0.515. The van der Waals surface area contributed by atoms with Gasteiger partial charge in [-0.3, -0.25) is 0 Å². The van der Waals surface area contributed by atoms with Crippen molar-refractivity contribution >= 4 is 62.2 Å². The predicted molar refractivity (Wildman–Crippen MR) is 280 cm³/mol. The first-order valence-corrected chi connectivity index (χ1v) is 23.2. The number of aromatic nitrogens is 4. The molecule has 4 heterocycles. The van der Waals surface area contributed by atoms with Crippen LogP contribution in [-0.2, 0) is 5.41 Å². The third-order valence-electron chi connectivity index (χ3n) is 13.6. The summed E-state index contributed by atoms with van der Waals surface area (Å²) in [6.07, 6.45) is 11.3. The lowest BCUT2D eigenvalue weighted by Crippen LogP contribution is -2.30. The van der Waals surface area contributed by atoms with Crippen LogP contribution in [0.5, 0.6) is 0 Å². The summed E-state index contributed by atoms with van der Waals surface area (Å²) in [5.41, 5.74) is 15.6. The van der Waals surface area contributed by atoms with Crippen molar-refractivity contribution in [3.8, 4) is 28.5 Å². The van der Waals surface area contributed by atoms with E-state index in [4.69, 9.17) is 19.4 Å². The largest absolute Gasteiger partial charge is 0.455 e. The van der Waals surface area contributed by atoms with Gasteiger partial charge in [-0.15, -0.1) is 0 Å². The first-order valence-electron chi connectivity index (χ1n) is 23.2. The SMILES string of the molecule is C=C/C=c1/c2c(o/c1=C(/C)c1nc(-c3ccccc3)nc(-c3ccccc3)n1)C(c1ccc3c(c1)c1cc4c(cc1n3-c1ccccc1)N(c1ccccc1)c1ccccc1C4(C)C)=CCC=C2. The number of fused-ring (bicyclic) bond motifs is 6. The first-order chi connectivity index (χ1) is 33.4. The highest BCUT2D eigenvalue weighted by Gasteiger charge is 2.38. The molecule has 3 aromatic heterocycles. The number of allylic oxidation sites excluding steroid dienone is 3. The topological polar surface area (TPSA) is 60.0 Å². The highest BCUT2D eigenvalue weighted by Crippen LogP contribution is 2.53. The molecule has 1 aliphatic carbocycles. The van der Waals surface area contributed by atoms with Crippen LogP contribution in [0.25, 0.3) is 73.6 Å². The van der Waals surface area contributed by atoms with Crippen LogP contribution in [0, 0.1) is 0 Å². The quantitative estimate of drug-likeness (QED) is 0.160. The van der Waals surface area contributed by atoms with E-state index in [-0.39, 0.29) is 5.41 Å². The van der Waals surface area contributed by atoms with Gasteiger partial charge in [-0.05, 0) is 84.6 Å². The van der Waals surface area contributed by atoms with Crippen LogP contribution in [0.15, 0.2) is 205 Å². The van der Waals surface area contributed by atoms with E-state index in [0.29, 0.717) is 22.9 Å². The molecule has 0 unspecified atom stereocenters. The lowest BCUT2D eigenvalue weighted by Gasteiger charge is -2.42. The maximum atomic E-state index is 7.16. The minimum atomic E-state index is -0.270. The molecule has 0 fully saturated rings. The van der Waals surface area contributed by atoms with Crippen LogP contribution in [0.1, 0.15) is 61.0 Å². The van der Waals surface area contributed by atoms with Crippen molar-refractivity contribution in [2.24, 2.45) is 0 Å².